The van der Waals surface area contributed by atoms with Gasteiger partial charge in [0, 0.05) is 28.4 Å². The van der Waals surface area contributed by atoms with E-state index in [1.807, 2.05) is 0 Å². The number of hydrogen-bond acceptors (Lipinski definition) is 6. The van der Waals surface area contributed by atoms with E-state index in [2.05, 4.69) is 26.6 Å². The third-order valence-electron chi connectivity index (χ3n) is 4.61. The lowest BCUT2D eigenvalue weighted by Crippen LogP contribution is -2.57. The molecule has 2 aromatic carbocycles. The van der Waals surface area contributed by atoms with Crippen molar-refractivity contribution in [1.29, 1.82) is 0 Å². The summed E-state index contributed by atoms with van der Waals surface area (Å²) in [5.41, 5.74) is -0.262. The first kappa shape index (κ1) is 20.4. The molecule has 7 nitrogen and oxygen atoms in total. The molecule has 1 aliphatic rings. The average molecular weight is 437 g/mol. The van der Waals surface area contributed by atoms with Gasteiger partial charge in [-0.15, -0.1) is 10.2 Å². The van der Waals surface area contributed by atoms with Crippen molar-refractivity contribution in [1.82, 2.24) is 20.2 Å². The Hall–Kier alpha value is -2.92. The number of hydrogen-bond donors (Lipinski definition) is 2. The van der Waals surface area contributed by atoms with Gasteiger partial charge in [0.15, 0.2) is 0 Å². The van der Waals surface area contributed by atoms with Gasteiger partial charge in [0.1, 0.15) is 5.60 Å². The minimum atomic E-state index is -4.40. The molecular weight excluding hydrogens is 419 g/mol. The number of tetrazole rings is 1. The molecule has 0 unspecified atom stereocenters. The van der Waals surface area contributed by atoms with Crippen molar-refractivity contribution in [2.75, 3.05) is 16.8 Å². The van der Waals surface area contributed by atoms with E-state index in [1.165, 1.54) is 16.9 Å². The molecule has 0 spiro atoms. The number of aliphatic hydroxyl groups is 1. The van der Waals surface area contributed by atoms with E-state index in [4.69, 9.17) is 0 Å². The van der Waals surface area contributed by atoms with Crippen LogP contribution in [-0.2, 0) is 22.2 Å². The van der Waals surface area contributed by atoms with Crippen molar-refractivity contribution in [3.8, 4) is 11.4 Å². The van der Waals surface area contributed by atoms with Crippen LogP contribution in [0.1, 0.15) is 5.56 Å². The van der Waals surface area contributed by atoms with Gasteiger partial charge in [0.2, 0.25) is 5.82 Å². The van der Waals surface area contributed by atoms with Crippen molar-refractivity contribution in [3.05, 3.63) is 54.1 Å². The second-order valence-corrected chi connectivity index (χ2v) is 9.88. The highest BCUT2D eigenvalue weighted by Gasteiger charge is 2.44. The fraction of sp³-hybridized carbons (Fsp3) is 0.263. The number of halogens is 3. The number of alkyl halides is 3. The zero-order chi connectivity index (χ0) is 21.6. The molecule has 0 aliphatic carbocycles. The van der Waals surface area contributed by atoms with E-state index in [1.54, 1.807) is 24.3 Å². The van der Waals surface area contributed by atoms with Gasteiger partial charge in [-0.05, 0) is 57.0 Å². The number of rotatable bonds is 5. The van der Waals surface area contributed by atoms with E-state index in [0.717, 1.165) is 12.1 Å². The van der Waals surface area contributed by atoms with Crippen LogP contribution in [-0.4, -0.2) is 52.5 Å². The first-order valence-corrected chi connectivity index (χ1v) is 11.0. The first-order chi connectivity index (χ1) is 14.0. The molecule has 2 heterocycles. The molecule has 0 amide bonds. The summed E-state index contributed by atoms with van der Waals surface area (Å²) < 4.78 is 50.0. The Morgan fingerprint density at radius 3 is 2.47 bits per heavy atom. The van der Waals surface area contributed by atoms with Crippen molar-refractivity contribution >= 4 is 26.8 Å². The van der Waals surface area contributed by atoms with Gasteiger partial charge in [0.05, 0.1) is 12.1 Å². The molecule has 0 saturated carbocycles. The Morgan fingerprint density at radius 1 is 1.17 bits per heavy atom. The Morgan fingerprint density at radius 2 is 1.83 bits per heavy atom. The molecule has 11 heteroatoms. The Balaban J connectivity index is 1.53. The standard InChI is InChI=1S/C19H18F3N5O2S/c1-30(29)11-18(28,12-30)10-27-25-17(24-26-27)15-4-2-3-5-16(15)23-14-8-6-13(7-9-14)19(20,21)22/h2-9,23,28H,1,10-12H2. The summed E-state index contributed by atoms with van der Waals surface area (Å²) in [6, 6.07) is 11.7. The van der Waals surface area contributed by atoms with Crippen LogP contribution < -0.4 is 5.32 Å². The van der Waals surface area contributed by atoms with Gasteiger partial charge in [0.25, 0.3) is 0 Å². The van der Waals surface area contributed by atoms with Gasteiger partial charge in [-0.2, -0.15) is 18.0 Å². The van der Waals surface area contributed by atoms with Crippen LogP contribution in [0.25, 0.3) is 11.4 Å². The van der Waals surface area contributed by atoms with Gasteiger partial charge in [-0.3, -0.25) is 4.21 Å². The maximum atomic E-state index is 12.7. The second-order valence-electron chi connectivity index (χ2n) is 7.37. The summed E-state index contributed by atoms with van der Waals surface area (Å²) in [6.45, 7) is 0.0427. The highest BCUT2D eigenvalue weighted by atomic mass is 32.2. The predicted octanol–water partition coefficient (Wildman–Crippen LogP) is 2.56. The lowest BCUT2D eigenvalue weighted by molar-refractivity contribution is -0.137. The molecule has 1 aromatic heterocycles. The average Bonchev–Trinajstić information content (AvgIpc) is 3.08. The van der Waals surface area contributed by atoms with E-state index in [9.17, 15) is 22.5 Å². The number of aromatic nitrogens is 4. The van der Waals surface area contributed by atoms with E-state index in [0.29, 0.717) is 16.9 Å². The zero-order valence-corrected chi connectivity index (χ0v) is 16.5. The maximum absolute atomic E-state index is 12.7. The first-order valence-electron chi connectivity index (χ1n) is 8.90. The fourth-order valence-corrected chi connectivity index (χ4v) is 5.45. The minimum absolute atomic E-state index is 0.0427. The Labute approximate surface area is 170 Å². The third kappa shape index (κ3) is 4.31. The molecule has 30 heavy (non-hydrogen) atoms. The fourth-order valence-electron chi connectivity index (χ4n) is 3.39. The summed E-state index contributed by atoms with van der Waals surface area (Å²) in [7, 11) is -2.23. The Kier molecular flexibility index (Phi) is 4.82. The van der Waals surface area contributed by atoms with Crippen molar-refractivity contribution in [3.63, 3.8) is 0 Å². The summed E-state index contributed by atoms with van der Waals surface area (Å²) in [4.78, 5) is 1.24. The monoisotopic (exact) mass is 437 g/mol. The van der Waals surface area contributed by atoms with Gasteiger partial charge < -0.3 is 10.4 Å². The molecule has 3 aromatic rings. The van der Waals surface area contributed by atoms with Crippen LogP contribution in [0, 0.1) is 0 Å². The number of para-hydroxylation sites is 1. The summed E-state index contributed by atoms with van der Waals surface area (Å²) in [5, 5.41) is 25.7. The summed E-state index contributed by atoms with van der Waals surface area (Å²) in [5.74, 6) is 4.02. The summed E-state index contributed by atoms with van der Waals surface area (Å²) >= 11 is 0. The third-order valence-corrected chi connectivity index (χ3v) is 6.74. The predicted molar refractivity (Wildman–Crippen MR) is 108 cm³/mol. The lowest BCUT2D eigenvalue weighted by atomic mass is 10.1. The van der Waals surface area contributed by atoms with Crippen molar-refractivity contribution in [2.24, 2.45) is 0 Å². The van der Waals surface area contributed by atoms with Gasteiger partial charge in [-0.25, -0.2) is 0 Å². The van der Waals surface area contributed by atoms with Crippen LogP contribution in [0.4, 0.5) is 24.5 Å². The van der Waals surface area contributed by atoms with Gasteiger partial charge >= 0.3 is 6.18 Å². The molecule has 0 bridgehead atoms. The van der Waals surface area contributed by atoms with Gasteiger partial charge in [-0.1, -0.05) is 12.1 Å². The molecule has 4 rings (SSSR count). The maximum Gasteiger partial charge on any atom is 0.416 e. The lowest BCUT2D eigenvalue weighted by Gasteiger charge is -2.38. The van der Waals surface area contributed by atoms with E-state index in [-0.39, 0.29) is 23.9 Å². The molecule has 1 fully saturated rings. The molecule has 1 aliphatic heterocycles. The van der Waals surface area contributed by atoms with Crippen LogP contribution in [0.2, 0.25) is 0 Å². The normalized spacial score (nSPS) is 23.7. The number of nitrogens with one attached hydrogen (secondary N) is 1. The summed E-state index contributed by atoms with van der Waals surface area (Å²) in [6.07, 6.45) is -4.40. The van der Waals surface area contributed by atoms with Crippen LogP contribution in [0.3, 0.4) is 0 Å². The van der Waals surface area contributed by atoms with Crippen LogP contribution in [0.5, 0.6) is 0 Å². The Bertz CT molecular complexity index is 1160. The van der Waals surface area contributed by atoms with Crippen molar-refractivity contribution < 1.29 is 22.5 Å². The molecule has 2 N–H and O–H groups in total. The number of benzene rings is 2. The molecule has 1 saturated heterocycles. The highest BCUT2D eigenvalue weighted by molar-refractivity contribution is 8.01. The molecule has 0 atom stereocenters. The largest absolute Gasteiger partial charge is 0.416 e. The van der Waals surface area contributed by atoms with E-state index >= 15 is 0 Å². The highest BCUT2D eigenvalue weighted by Crippen LogP contribution is 2.32. The number of nitrogens with zero attached hydrogens (tertiary/aromatic N) is 4. The quantitative estimate of drug-likeness (QED) is 0.596. The smallest absolute Gasteiger partial charge is 0.386 e. The molecule has 158 valence electrons. The van der Waals surface area contributed by atoms with Crippen LogP contribution in [0.15, 0.2) is 48.5 Å². The topological polar surface area (TPSA) is 92.9 Å². The SMILES string of the molecule is C=S1(=O)CC(O)(Cn2nnc(-c3ccccc3Nc3ccc(C(F)(F)F)cc3)n2)C1. The zero-order valence-electron chi connectivity index (χ0n) is 15.6. The van der Waals surface area contributed by atoms with E-state index < -0.39 is 26.9 Å². The second kappa shape index (κ2) is 7.10. The number of anilines is 2. The molecular formula is C19H18F3N5O2S. The van der Waals surface area contributed by atoms with Crippen molar-refractivity contribution in [2.45, 2.75) is 18.3 Å². The molecule has 0 radical (unpaired) electrons. The van der Waals surface area contributed by atoms with Crippen LogP contribution >= 0.6 is 0 Å². The minimum Gasteiger partial charge on any atom is -0.386 e.